The zero-order chi connectivity index (χ0) is 14.9. The Bertz CT molecular complexity index is 419. The van der Waals surface area contributed by atoms with E-state index in [9.17, 15) is 4.79 Å². The van der Waals surface area contributed by atoms with E-state index in [4.69, 9.17) is 0 Å². The third-order valence-corrected chi connectivity index (χ3v) is 4.11. The number of carbonyl (C=O) groups excluding carboxylic acids is 1. The van der Waals surface area contributed by atoms with Gasteiger partial charge in [0.15, 0.2) is 0 Å². The number of amides is 1. The summed E-state index contributed by atoms with van der Waals surface area (Å²) in [6.07, 6.45) is 12.6. The van der Waals surface area contributed by atoms with Crippen LogP contribution in [0.1, 0.15) is 57.4 Å². The number of carbonyl (C=O) groups is 1. The fourth-order valence-corrected chi connectivity index (χ4v) is 2.97. The van der Waals surface area contributed by atoms with Crippen molar-refractivity contribution in [3.05, 3.63) is 24.0 Å². The molecular weight excluding hydrogens is 262 g/mol. The first-order valence-electron chi connectivity index (χ1n) is 8.42. The van der Waals surface area contributed by atoms with Gasteiger partial charge < -0.3 is 15.2 Å². The number of hydrogen-bond acceptors (Lipinski definition) is 2. The van der Waals surface area contributed by atoms with Crippen molar-refractivity contribution >= 4 is 5.91 Å². The van der Waals surface area contributed by atoms with Crippen LogP contribution < -0.4 is 10.6 Å². The third-order valence-electron chi connectivity index (χ3n) is 4.11. The molecule has 21 heavy (non-hydrogen) atoms. The maximum Gasteiger partial charge on any atom is 0.240 e. The van der Waals surface area contributed by atoms with Crippen LogP contribution in [0.3, 0.4) is 0 Å². The highest BCUT2D eigenvalue weighted by molar-refractivity contribution is 5.76. The van der Waals surface area contributed by atoms with Gasteiger partial charge in [-0.25, -0.2) is 0 Å². The second-order valence-corrected chi connectivity index (χ2v) is 6.12. The number of hydrogen-bond donors (Lipinski definition) is 2. The lowest BCUT2D eigenvalue weighted by molar-refractivity contribution is -0.122. The Labute approximate surface area is 128 Å². The van der Waals surface area contributed by atoms with Crippen molar-refractivity contribution in [1.82, 2.24) is 15.2 Å². The maximum atomic E-state index is 12.1. The summed E-state index contributed by atoms with van der Waals surface area (Å²) in [4.78, 5) is 12.1. The molecule has 0 spiro atoms. The number of aromatic nitrogens is 1. The predicted octanol–water partition coefficient (Wildman–Crippen LogP) is 2.83. The first-order valence-corrected chi connectivity index (χ1v) is 8.42. The van der Waals surface area contributed by atoms with Gasteiger partial charge in [-0.1, -0.05) is 32.6 Å². The minimum absolute atomic E-state index is 0.144. The van der Waals surface area contributed by atoms with E-state index in [1.54, 1.807) is 0 Å². The van der Waals surface area contributed by atoms with Crippen LogP contribution in [-0.4, -0.2) is 23.1 Å². The second kappa shape index (κ2) is 8.88. The molecular formula is C17H29N3O. The normalized spacial score (nSPS) is 16.6. The minimum atomic E-state index is 0.144. The Hall–Kier alpha value is -1.29. The lowest BCUT2D eigenvalue weighted by atomic mass is 10.1. The monoisotopic (exact) mass is 291 g/mol. The van der Waals surface area contributed by atoms with Gasteiger partial charge in [0, 0.05) is 25.0 Å². The van der Waals surface area contributed by atoms with Crippen LogP contribution in [-0.2, 0) is 17.9 Å². The smallest absolute Gasteiger partial charge is 0.240 e. The summed E-state index contributed by atoms with van der Waals surface area (Å²) in [5.74, 6) is 0.144. The molecule has 1 heterocycles. The quantitative estimate of drug-likeness (QED) is 0.599. The van der Waals surface area contributed by atoms with E-state index in [-0.39, 0.29) is 5.91 Å². The van der Waals surface area contributed by atoms with Crippen molar-refractivity contribution in [2.45, 2.75) is 71.0 Å². The van der Waals surface area contributed by atoms with Crippen molar-refractivity contribution in [2.24, 2.45) is 0 Å². The van der Waals surface area contributed by atoms with Gasteiger partial charge in [0.05, 0.1) is 0 Å². The highest BCUT2D eigenvalue weighted by Gasteiger charge is 2.14. The van der Waals surface area contributed by atoms with Crippen molar-refractivity contribution in [1.29, 1.82) is 0 Å². The molecule has 1 aromatic rings. The van der Waals surface area contributed by atoms with Gasteiger partial charge in [-0.05, 0) is 37.4 Å². The van der Waals surface area contributed by atoms with E-state index >= 15 is 0 Å². The molecule has 2 rings (SSSR count). The Morgan fingerprint density at radius 1 is 1.29 bits per heavy atom. The second-order valence-electron chi connectivity index (χ2n) is 6.12. The molecule has 0 radical (unpaired) electrons. The van der Waals surface area contributed by atoms with Crippen molar-refractivity contribution in [3.63, 3.8) is 0 Å². The van der Waals surface area contributed by atoms with Gasteiger partial charge in [0.25, 0.3) is 0 Å². The van der Waals surface area contributed by atoms with E-state index in [0.717, 1.165) is 32.4 Å². The van der Waals surface area contributed by atoms with Gasteiger partial charge in [0.2, 0.25) is 5.91 Å². The highest BCUT2D eigenvalue weighted by Crippen LogP contribution is 2.17. The molecule has 0 aromatic carbocycles. The Balaban J connectivity index is 1.74. The summed E-state index contributed by atoms with van der Waals surface area (Å²) >= 11 is 0. The van der Waals surface area contributed by atoms with Crippen LogP contribution in [0.4, 0.5) is 0 Å². The molecule has 4 heteroatoms. The lowest BCUT2D eigenvalue weighted by Crippen LogP contribution is -2.36. The summed E-state index contributed by atoms with van der Waals surface area (Å²) in [5, 5.41) is 6.57. The predicted molar refractivity (Wildman–Crippen MR) is 86.1 cm³/mol. The van der Waals surface area contributed by atoms with E-state index in [1.807, 2.05) is 10.8 Å². The van der Waals surface area contributed by atoms with Crippen molar-refractivity contribution in [3.8, 4) is 0 Å². The van der Waals surface area contributed by atoms with E-state index in [2.05, 4.69) is 29.8 Å². The molecule has 118 valence electrons. The Morgan fingerprint density at radius 2 is 2.05 bits per heavy atom. The third kappa shape index (κ3) is 5.92. The molecule has 1 saturated carbocycles. The number of nitrogens with one attached hydrogen (secondary N) is 2. The molecule has 0 saturated heterocycles. The SMILES string of the molecule is CCCNCc1ccn(CC(=O)NC2CCCCCC2)c1. The Kier molecular flexibility index (Phi) is 6.80. The molecule has 2 N–H and O–H groups in total. The number of nitrogens with zero attached hydrogens (tertiary/aromatic N) is 1. The summed E-state index contributed by atoms with van der Waals surface area (Å²) in [5.41, 5.74) is 1.24. The molecule has 0 bridgehead atoms. The molecule has 0 aliphatic heterocycles. The standard InChI is InChI=1S/C17H29N3O/c1-2-10-18-12-15-9-11-20(13-15)14-17(21)19-16-7-5-3-4-6-8-16/h9,11,13,16,18H,2-8,10,12,14H2,1H3,(H,19,21). The van der Waals surface area contributed by atoms with Gasteiger partial charge in [0.1, 0.15) is 6.54 Å². The van der Waals surface area contributed by atoms with Gasteiger partial charge in [-0.3, -0.25) is 4.79 Å². The van der Waals surface area contributed by atoms with Crippen LogP contribution in [0.2, 0.25) is 0 Å². The fourth-order valence-electron chi connectivity index (χ4n) is 2.97. The summed E-state index contributed by atoms with van der Waals surface area (Å²) in [6, 6.07) is 2.47. The fraction of sp³-hybridized carbons (Fsp3) is 0.706. The average molecular weight is 291 g/mol. The van der Waals surface area contributed by atoms with E-state index in [0.29, 0.717) is 12.6 Å². The van der Waals surface area contributed by atoms with Crippen LogP contribution >= 0.6 is 0 Å². The van der Waals surface area contributed by atoms with Crippen LogP contribution in [0, 0.1) is 0 Å². The summed E-state index contributed by atoms with van der Waals surface area (Å²) in [6.45, 7) is 4.51. The molecule has 0 unspecified atom stereocenters. The largest absolute Gasteiger partial charge is 0.352 e. The summed E-state index contributed by atoms with van der Waals surface area (Å²) < 4.78 is 1.98. The first-order chi connectivity index (χ1) is 10.3. The van der Waals surface area contributed by atoms with Crippen LogP contribution in [0.25, 0.3) is 0 Å². The van der Waals surface area contributed by atoms with Crippen LogP contribution in [0.15, 0.2) is 18.5 Å². The van der Waals surface area contributed by atoms with E-state index < -0.39 is 0 Å². The minimum Gasteiger partial charge on any atom is -0.352 e. The molecule has 1 aliphatic rings. The zero-order valence-electron chi connectivity index (χ0n) is 13.2. The molecule has 1 aliphatic carbocycles. The Morgan fingerprint density at radius 3 is 2.76 bits per heavy atom. The molecule has 1 fully saturated rings. The molecule has 4 nitrogen and oxygen atoms in total. The first kappa shape index (κ1) is 16.1. The summed E-state index contributed by atoms with van der Waals surface area (Å²) in [7, 11) is 0. The molecule has 1 aromatic heterocycles. The highest BCUT2D eigenvalue weighted by atomic mass is 16.2. The van der Waals surface area contributed by atoms with E-state index in [1.165, 1.54) is 31.2 Å². The molecule has 0 atom stereocenters. The van der Waals surface area contributed by atoms with Crippen molar-refractivity contribution < 1.29 is 4.79 Å². The molecule has 1 amide bonds. The lowest BCUT2D eigenvalue weighted by Gasteiger charge is -2.16. The number of rotatable bonds is 7. The van der Waals surface area contributed by atoms with Gasteiger partial charge in [-0.15, -0.1) is 0 Å². The zero-order valence-corrected chi connectivity index (χ0v) is 13.2. The average Bonchev–Trinajstić information content (AvgIpc) is 2.74. The van der Waals surface area contributed by atoms with Crippen molar-refractivity contribution in [2.75, 3.05) is 6.54 Å². The topological polar surface area (TPSA) is 46.1 Å². The van der Waals surface area contributed by atoms with Crippen LogP contribution in [0.5, 0.6) is 0 Å². The van der Waals surface area contributed by atoms with Gasteiger partial charge >= 0.3 is 0 Å². The van der Waals surface area contributed by atoms with Gasteiger partial charge in [-0.2, -0.15) is 0 Å². The maximum absolute atomic E-state index is 12.1.